The van der Waals surface area contributed by atoms with Crippen molar-refractivity contribution >= 4 is 48.2 Å². The van der Waals surface area contributed by atoms with E-state index < -0.39 is 16.1 Å². The van der Waals surface area contributed by atoms with Crippen molar-refractivity contribution in [3.8, 4) is 0 Å². The minimum atomic E-state index is -3.64. The van der Waals surface area contributed by atoms with Crippen molar-refractivity contribution < 1.29 is 13.2 Å². The van der Waals surface area contributed by atoms with E-state index in [-0.39, 0.29) is 4.90 Å². The SMILES string of the molecule is O=CC1CCCCN1S(=O)(=O)c1ccc(Br)cc1Br. The molecule has 7 heteroatoms. The molecule has 0 amide bonds. The predicted molar refractivity (Wildman–Crippen MR) is 79.4 cm³/mol. The average molecular weight is 411 g/mol. The number of piperidine rings is 1. The molecular weight excluding hydrogens is 398 g/mol. The number of hydrogen-bond acceptors (Lipinski definition) is 3. The molecule has 1 aliphatic rings. The molecule has 4 nitrogen and oxygen atoms in total. The van der Waals surface area contributed by atoms with Gasteiger partial charge < -0.3 is 4.79 Å². The van der Waals surface area contributed by atoms with Gasteiger partial charge in [0.25, 0.3) is 0 Å². The number of halogens is 2. The summed E-state index contributed by atoms with van der Waals surface area (Å²) in [5.41, 5.74) is 0. The Bertz CT molecular complexity index is 589. The fourth-order valence-corrected chi connectivity index (χ4v) is 5.52. The van der Waals surface area contributed by atoms with Crippen LogP contribution in [0.1, 0.15) is 19.3 Å². The molecule has 1 fully saturated rings. The fraction of sp³-hybridized carbons (Fsp3) is 0.417. The van der Waals surface area contributed by atoms with Crippen LogP contribution in [-0.4, -0.2) is 31.6 Å². The zero-order valence-corrected chi connectivity index (χ0v) is 14.0. The maximum atomic E-state index is 12.6. The molecular formula is C12H13Br2NO3S. The molecule has 1 heterocycles. The largest absolute Gasteiger partial charge is 0.302 e. The highest BCUT2D eigenvalue weighted by Gasteiger charge is 2.34. The van der Waals surface area contributed by atoms with Crippen molar-refractivity contribution in [2.45, 2.75) is 30.2 Å². The van der Waals surface area contributed by atoms with Gasteiger partial charge in [0.1, 0.15) is 6.29 Å². The molecule has 1 aromatic carbocycles. The van der Waals surface area contributed by atoms with E-state index in [1.54, 1.807) is 18.2 Å². The molecule has 19 heavy (non-hydrogen) atoms. The smallest absolute Gasteiger partial charge is 0.244 e. The summed E-state index contributed by atoms with van der Waals surface area (Å²) in [6.45, 7) is 0.397. The Morgan fingerprint density at radius 2 is 2.00 bits per heavy atom. The minimum Gasteiger partial charge on any atom is -0.302 e. The Labute approximate surface area is 129 Å². The topological polar surface area (TPSA) is 54.5 Å². The first-order valence-electron chi connectivity index (χ1n) is 5.89. The van der Waals surface area contributed by atoms with Crippen molar-refractivity contribution in [3.05, 3.63) is 27.1 Å². The second kappa shape index (κ2) is 6.03. The number of hydrogen-bond donors (Lipinski definition) is 0. The maximum Gasteiger partial charge on any atom is 0.244 e. The number of sulfonamides is 1. The summed E-state index contributed by atoms with van der Waals surface area (Å²) in [7, 11) is -3.64. The standard InChI is InChI=1S/C12H13Br2NO3S/c13-9-4-5-12(11(14)7-9)19(17,18)15-6-2-1-3-10(15)8-16/h4-5,7-8,10H,1-3,6H2. The summed E-state index contributed by atoms with van der Waals surface area (Å²) in [6.07, 6.45) is 3.00. The van der Waals surface area contributed by atoms with E-state index in [4.69, 9.17) is 0 Å². The van der Waals surface area contributed by atoms with Gasteiger partial charge in [0.05, 0.1) is 10.9 Å². The number of carbonyl (C=O) groups excluding carboxylic acids is 1. The van der Waals surface area contributed by atoms with E-state index in [0.29, 0.717) is 17.4 Å². The molecule has 0 saturated carbocycles. The molecule has 104 valence electrons. The van der Waals surface area contributed by atoms with Crippen LogP contribution in [0.3, 0.4) is 0 Å². The third kappa shape index (κ3) is 3.09. The Balaban J connectivity index is 2.43. The second-order valence-corrected chi connectivity index (χ2v) is 8.02. The third-order valence-electron chi connectivity index (χ3n) is 3.14. The van der Waals surface area contributed by atoms with Crippen molar-refractivity contribution in [1.82, 2.24) is 4.31 Å². The quantitative estimate of drug-likeness (QED) is 0.719. The van der Waals surface area contributed by atoms with Crippen LogP contribution >= 0.6 is 31.9 Å². The van der Waals surface area contributed by atoms with Crippen LogP contribution < -0.4 is 0 Å². The van der Waals surface area contributed by atoms with Gasteiger partial charge >= 0.3 is 0 Å². The molecule has 1 aromatic rings. The molecule has 2 rings (SSSR count). The van der Waals surface area contributed by atoms with E-state index in [0.717, 1.165) is 23.6 Å². The monoisotopic (exact) mass is 409 g/mol. The molecule has 1 saturated heterocycles. The van der Waals surface area contributed by atoms with E-state index >= 15 is 0 Å². The summed E-state index contributed by atoms with van der Waals surface area (Å²) in [6, 6.07) is 4.36. The van der Waals surface area contributed by atoms with E-state index in [1.165, 1.54) is 4.31 Å². The van der Waals surface area contributed by atoms with E-state index in [9.17, 15) is 13.2 Å². The van der Waals surface area contributed by atoms with Crippen LogP contribution in [0.25, 0.3) is 0 Å². The molecule has 0 radical (unpaired) electrons. The molecule has 1 atom stereocenters. The lowest BCUT2D eigenvalue weighted by Crippen LogP contribution is -2.44. The predicted octanol–water partition coefficient (Wildman–Crippen LogP) is 2.95. The molecule has 0 spiro atoms. The van der Waals surface area contributed by atoms with Crippen LogP contribution in [-0.2, 0) is 14.8 Å². The average Bonchev–Trinajstić information content (AvgIpc) is 2.38. The van der Waals surface area contributed by atoms with Crippen LogP contribution in [0.5, 0.6) is 0 Å². The Morgan fingerprint density at radius 1 is 1.26 bits per heavy atom. The number of rotatable bonds is 3. The summed E-state index contributed by atoms with van der Waals surface area (Å²) in [5, 5.41) is 0. The summed E-state index contributed by atoms with van der Waals surface area (Å²) in [4.78, 5) is 11.3. The summed E-state index contributed by atoms with van der Waals surface area (Å²) in [5.74, 6) is 0. The Kier molecular flexibility index (Phi) is 4.81. The van der Waals surface area contributed by atoms with Gasteiger partial charge in [0.2, 0.25) is 10.0 Å². The lowest BCUT2D eigenvalue weighted by atomic mass is 10.1. The summed E-state index contributed by atoms with van der Waals surface area (Å²) >= 11 is 6.56. The Morgan fingerprint density at radius 3 is 2.63 bits per heavy atom. The van der Waals surface area contributed by atoms with Crippen LogP contribution in [0.4, 0.5) is 0 Å². The molecule has 0 N–H and O–H groups in total. The zero-order valence-electron chi connectivity index (χ0n) is 10.1. The van der Waals surface area contributed by atoms with Gasteiger partial charge in [-0.3, -0.25) is 0 Å². The van der Waals surface area contributed by atoms with E-state index in [2.05, 4.69) is 31.9 Å². The van der Waals surface area contributed by atoms with Gasteiger partial charge in [-0.15, -0.1) is 0 Å². The fourth-order valence-electron chi connectivity index (χ4n) is 2.18. The number of aldehydes is 1. The molecule has 0 aromatic heterocycles. The minimum absolute atomic E-state index is 0.199. The van der Waals surface area contributed by atoms with E-state index in [1.807, 2.05) is 0 Å². The maximum absolute atomic E-state index is 12.6. The Hall–Kier alpha value is -0.240. The first kappa shape index (κ1) is 15.2. The number of nitrogens with zero attached hydrogens (tertiary/aromatic N) is 1. The molecule has 0 aliphatic carbocycles. The first-order valence-corrected chi connectivity index (χ1v) is 8.91. The van der Waals surface area contributed by atoms with Crippen LogP contribution in [0, 0.1) is 0 Å². The normalized spacial score (nSPS) is 21.3. The highest BCUT2D eigenvalue weighted by atomic mass is 79.9. The van der Waals surface area contributed by atoms with Crippen molar-refractivity contribution in [1.29, 1.82) is 0 Å². The van der Waals surface area contributed by atoms with Gasteiger partial charge in [-0.1, -0.05) is 22.4 Å². The number of carbonyl (C=O) groups is 1. The molecule has 1 aliphatic heterocycles. The lowest BCUT2D eigenvalue weighted by molar-refractivity contribution is -0.111. The van der Waals surface area contributed by atoms with Gasteiger partial charge in [-0.25, -0.2) is 8.42 Å². The summed E-state index contributed by atoms with van der Waals surface area (Å²) < 4.78 is 27.8. The highest BCUT2D eigenvalue weighted by Crippen LogP contribution is 2.31. The third-order valence-corrected chi connectivity index (χ3v) is 6.53. The second-order valence-electron chi connectivity index (χ2n) is 4.39. The van der Waals surface area contributed by atoms with Crippen LogP contribution in [0.2, 0.25) is 0 Å². The highest BCUT2D eigenvalue weighted by molar-refractivity contribution is 9.11. The van der Waals surface area contributed by atoms with Crippen molar-refractivity contribution in [2.75, 3.05) is 6.54 Å². The first-order chi connectivity index (χ1) is 8.96. The van der Waals surface area contributed by atoms with Crippen molar-refractivity contribution in [2.24, 2.45) is 0 Å². The lowest BCUT2D eigenvalue weighted by Gasteiger charge is -2.31. The molecule has 0 bridgehead atoms. The van der Waals surface area contributed by atoms with Crippen molar-refractivity contribution in [3.63, 3.8) is 0 Å². The van der Waals surface area contributed by atoms with Gasteiger partial charge in [0.15, 0.2) is 0 Å². The van der Waals surface area contributed by atoms with Gasteiger partial charge in [-0.05, 0) is 47.0 Å². The molecule has 1 unspecified atom stereocenters. The zero-order chi connectivity index (χ0) is 14.0. The number of benzene rings is 1. The van der Waals surface area contributed by atoms with Crippen LogP contribution in [0.15, 0.2) is 32.0 Å². The van der Waals surface area contributed by atoms with Gasteiger partial charge in [0, 0.05) is 15.5 Å². The van der Waals surface area contributed by atoms with Gasteiger partial charge in [-0.2, -0.15) is 4.31 Å².